The van der Waals surface area contributed by atoms with E-state index in [-0.39, 0.29) is 0 Å². The minimum Gasteiger partial charge on any atom is -0.348 e. The highest BCUT2D eigenvalue weighted by atomic mass is 15.1. The fraction of sp³-hybridized carbons (Fsp3) is 0.0833. The molecule has 0 aliphatic rings. The molecule has 1 heteroatoms. The topological polar surface area (TPSA) is 3.24 Å². The number of benzene rings is 4. The van der Waals surface area contributed by atoms with Crippen molar-refractivity contribution in [1.29, 1.82) is 0 Å². The molecule has 0 fully saturated rings. The average Bonchev–Trinajstić information content (AvgIpc) is 2.68. The number of fused-ring (bicyclic) bond motifs is 2. The summed E-state index contributed by atoms with van der Waals surface area (Å²) in [6, 6.07) is 30.1. The van der Waals surface area contributed by atoms with Crippen molar-refractivity contribution in [3.05, 3.63) is 96.7 Å². The minimum atomic E-state index is 0.926. The normalized spacial score (nSPS) is 11.4. The van der Waals surface area contributed by atoms with E-state index in [1.54, 1.807) is 0 Å². The molecule has 0 saturated carbocycles. The van der Waals surface area contributed by atoms with Gasteiger partial charge < -0.3 is 4.90 Å². The Balaban J connectivity index is 1.81. The van der Waals surface area contributed by atoms with Crippen molar-refractivity contribution in [2.24, 2.45) is 0 Å². The van der Waals surface area contributed by atoms with Gasteiger partial charge in [0.25, 0.3) is 0 Å². The van der Waals surface area contributed by atoms with Gasteiger partial charge in [-0.3, -0.25) is 0 Å². The third-order valence-electron chi connectivity index (χ3n) is 4.62. The van der Waals surface area contributed by atoms with Crippen molar-refractivity contribution in [3.8, 4) is 0 Å². The summed E-state index contributed by atoms with van der Waals surface area (Å²) in [5, 5.41) is 5.14. The lowest BCUT2D eigenvalue weighted by atomic mass is 10.0. The Hall–Kier alpha value is -3.06. The van der Waals surface area contributed by atoms with E-state index < -0.39 is 0 Å². The fourth-order valence-electron chi connectivity index (χ4n) is 3.30. The molecule has 0 heterocycles. The van der Waals surface area contributed by atoms with Crippen LogP contribution in [0.5, 0.6) is 0 Å². The molecule has 4 aromatic carbocycles. The summed E-state index contributed by atoms with van der Waals surface area (Å²) in [4.78, 5) is 2.31. The third-order valence-corrected chi connectivity index (χ3v) is 4.62. The van der Waals surface area contributed by atoms with Crippen LogP contribution in [0.4, 0.5) is 5.69 Å². The predicted molar refractivity (Wildman–Crippen MR) is 110 cm³/mol. The van der Waals surface area contributed by atoms with Crippen molar-refractivity contribution in [2.45, 2.75) is 6.92 Å². The van der Waals surface area contributed by atoms with Gasteiger partial charge >= 0.3 is 0 Å². The smallest absolute Gasteiger partial charge is 0.0485 e. The molecular formula is C24H21N. The van der Waals surface area contributed by atoms with Gasteiger partial charge in [0.2, 0.25) is 0 Å². The predicted octanol–water partition coefficient (Wildman–Crippen LogP) is 6.49. The molecule has 0 aliphatic carbocycles. The quantitative estimate of drug-likeness (QED) is 0.388. The highest BCUT2D eigenvalue weighted by Crippen LogP contribution is 2.31. The first kappa shape index (κ1) is 15.5. The zero-order chi connectivity index (χ0) is 17.1. The lowest BCUT2D eigenvalue weighted by molar-refractivity contribution is 1.03. The summed E-state index contributed by atoms with van der Waals surface area (Å²) in [6.07, 6.45) is 4.35. The number of nitrogens with zero attached hydrogens (tertiary/aromatic N) is 1. The molecule has 0 atom stereocenters. The molecule has 122 valence electrons. The number of rotatable bonds is 4. The van der Waals surface area contributed by atoms with Gasteiger partial charge in [0.15, 0.2) is 0 Å². The first-order chi connectivity index (χ1) is 12.3. The van der Waals surface area contributed by atoms with Crippen molar-refractivity contribution in [2.75, 3.05) is 11.4 Å². The molecule has 0 spiro atoms. The lowest BCUT2D eigenvalue weighted by Gasteiger charge is -2.21. The van der Waals surface area contributed by atoms with Crippen LogP contribution in [0.3, 0.4) is 0 Å². The monoisotopic (exact) mass is 323 g/mol. The maximum Gasteiger partial charge on any atom is 0.0485 e. The van der Waals surface area contributed by atoms with Crippen LogP contribution in [0, 0.1) is 0 Å². The van der Waals surface area contributed by atoms with Crippen LogP contribution < -0.4 is 4.90 Å². The second kappa shape index (κ2) is 6.82. The maximum atomic E-state index is 2.31. The maximum absolute atomic E-state index is 2.31. The summed E-state index contributed by atoms with van der Waals surface area (Å²) >= 11 is 0. The Morgan fingerprint density at radius 2 is 1.40 bits per heavy atom. The van der Waals surface area contributed by atoms with Crippen molar-refractivity contribution < 1.29 is 0 Å². The van der Waals surface area contributed by atoms with E-state index in [2.05, 4.69) is 103 Å². The highest BCUT2D eigenvalue weighted by Gasteiger charge is 2.07. The Labute approximate surface area is 148 Å². The second-order valence-corrected chi connectivity index (χ2v) is 6.21. The van der Waals surface area contributed by atoms with Crippen molar-refractivity contribution >= 4 is 33.3 Å². The van der Waals surface area contributed by atoms with Crippen molar-refractivity contribution in [3.63, 3.8) is 0 Å². The molecular weight excluding hydrogens is 302 g/mol. The number of hydrogen-bond acceptors (Lipinski definition) is 1. The average molecular weight is 323 g/mol. The Bertz CT molecular complexity index is 1030. The van der Waals surface area contributed by atoms with Gasteiger partial charge in [-0.25, -0.2) is 0 Å². The molecule has 4 rings (SSSR count). The van der Waals surface area contributed by atoms with Crippen LogP contribution in [0.1, 0.15) is 12.5 Å². The van der Waals surface area contributed by atoms with Crippen LogP contribution in [0.15, 0.2) is 91.1 Å². The van der Waals surface area contributed by atoms with Crippen LogP contribution in [0.2, 0.25) is 0 Å². The number of anilines is 1. The summed E-state index contributed by atoms with van der Waals surface area (Å²) in [7, 11) is 0. The first-order valence-corrected chi connectivity index (χ1v) is 8.76. The summed E-state index contributed by atoms with van der Waals surface area (Å²) in [5.41, 5.74) is 2.46. The molecule has 0 N–H and O–H groups in total. The summed E-state index contributed by atoms with van der Waals surface area (Å²) < 4.78 is 0. The molecule has 0 unspecified atom stereocenters. The molecule has 0 saturated heterocycles. The van der Waals surface area contributed by atoms with E-state index in [0.29, 0.717) is 0 Å². The van der Waals surface area contributed by atoms with E-state index in [1.807, 2.05) is 6.07 Å². The zero-order valence-corrected chi connectivity index (χ0v) is 14.4. The van der Waals surface area contributed by atoms with E-state index in [4.69, 9.17) is 0 Å². The summed E-state index contributed by atoms with van der Waals surface area (Å²) in [5.74, 6) is 0. The number of hydrogen-bond donors (Lipinski definition) is 0. The molecule has 4 aromatic rings. The van der Waals surface area contributed by atoms with Gasteiger partial charge in [-0.05, 0) is 52.9 Å². The lowest BCUT2D eigenvalue weighted by Crippen LogP contribution is -2.14. The molecule has 0 aliphatic heterocycles. The minimum absolute atomic E-state index is 0.926. The van der Waals surface area contributed by atoms with Crippen molar-refractivity contribution in [1.82, 2.24) is 0 Å². The largest absolute Gasteiger partial charge is 0.348 e. The molecule has 0 bridgehead atoms. The van der Waals surface area contributed by atoms with E-state index in [9.17, 15) is 0 Å². The van der Waals surface area contributed by atoms with Crippen LogP contribution in [-0.4, -0.2) is 6.54 Å². The second-order valence-electron chi connectivity index (χ2n) is 6.21. The molecule has 25 heavy (non-hydrogen) atoms. The molecule has 0 aromatic heterocycles. The van der Waals surface area contributed by atoms with Crippen LogP contribution >= 0.6 is 0 Å². The van der Waals surface area contributed by atoms with Crippen LogP contribution in [0.25, 0.3) is 27.6 Å². The Kier molecular flexibility index (Phi) is 4.22. The SMILES string of the molecule is CCN(C=Cc1ccccc1)c1cccc2cc3ccccc3cc12. The van der Waals surface area contributed by atoms with E-state index in [0.717, 1.165) is 6.54 Å². The standard InChI is InChI=1S/C24H21N/c1-2-25(16-15-19-9-4-3-5-10-19)24-14-8-13-22-17-20-11-6-7-12-21(20)18-23(22)24/h3-18H,2H2,1H3. The Morgan fingerprint density at radius 3 is 2.16 bits per heavy atom. The molecule has 1 nitrogen and oxygen atoms in total. The van der Waals surface area contributed by atoms with Gasteiger partial charge in [0, 0.05) is 23.8 Å². The highest BCUT2D eigenvalue weighted by molar-refractivity contribution is 6.04. The van der Waals surface area contributed by atoms with Gasteiger partial charge in [0.05, 0.1) is 0 Å². The van der Waals surface area contributed by atoms with E-state index in [1.165, 1.54) is 32.8 Å². The zero-order valence-electron chi connectivity index (χ0n) is 14.4. The van der Waals surface area contributed by atoms with Crippen LogP contribution in [-0.2, 0) is 0 Å². The molecule has 0 radical (unpaired) electrons. The Morgan fingerprint density at radius 1 is 0.720 bits per heavy atom. The van der Waals surface area contributed by atoms with Gasteiger partial charge in [0.1, 0.15) is 0 Å². The van der Waals surface area contributed by atoms with E-state index >= 15 is 0 Å². The van der Waals surface area contributed by atoms with Gasteiger partial charge in [-0.15, -0.1) is 0 Å². The van der Waals surface area contributed by atoms with Gasteiger partial charge in [-0.2, -0.15) is 0 Å². The summed E-state index contributed by atoms with van der Waals surface area (Å²) in [6.45, 7) is 3.12. The van der Waals surface area contributed by atoms with Gasteiger partial charge in [-0.1, -0.05) is 66.7 Å². The fourth-order valence-corrected chi connectivity index (χ4v) is 3.30. The first-order valence-electron chi connectivity index (χ1n) is 8.76. The molecule has 0 amide bonds. The third kappa shape index (κ3) is 3.14.